The summed E-state index contributed by atoms with van der Waals surface area (Å²) in [5, 5.41) is 31.8. The van der Waals surface area contributed by atoms with Gasteiger partial charge in [-0.25, -0.2) is 14.6 Å². The van der Waals surface area contributed by atoms with Gasteiger partial charge in [0, 0.05) is 43.6 Å². The van der Waals surface area contributed by atoms with Crippen molar-refractivity contribution in [3.63, 3.8) is 0 Å². The van der Waals surface area contributed by atoms with E-state index in [-0.39, 0.29) is 18.6 Å². The van der Waals surface area contributed by atoms with Gasteiger partial charge in [0.1, 0.15) is 17.6 Å². The first-order valence-electron chi connectivity index (χ1n) is 9.95. The molecule has 2 atom stereocenters. The second-order valence-corrected chi connectivity index (χ2v) is 7.81. The van der Waals surface area contributed by atoms with Crippen LogP contribution in [0.5, 0.6) is 5.19 Å². The first-order chi connectivity index (χ1) is 15.0. The predicted molar refractivity (Wildman–Crippen MR) is 121 cm³/mol. The Hall–Kier alpha value is -2.94. The summed E-state index contributed by atoms with van der Waals surface area (Å²) in [5.41, 5.74) is 0. The second kappa shape index (κ2) is 16.7. The minimum absolute atomic E-state index is 0.0213. The number of carbonyl (C=O) groups is 3. The Labute approximate surface area is 191 Å². The molecule has 0 radical (unpaired) electrons. The van der Waals surface area contributed by atoms with Gasteiger partial charge in [-0.2, -0.15) is 0 Å². The van der Waals surface area contributed by atoms with Crippen molar-refractivity contribution >= 4 is 29.2 Å². The van der Waals surface area contributed by atoms with Gasteiger partial charge in [-0.05, 0) is 6.92 Å². The lowest BCUT2D eigenvalue weighted by molar-refractivity contribution is -0.134. The number of ether oxygens (including phenoxy) is 1. The Morgan fingerprint density at radius 3 is 2.34 bits per heavy atom. The third kappa shape index (κ3) is 15.8. The standard InChI is InChI=1S/C17H27N3O3S.C4H4O4/c1-5-6-7-8-13(4)20-16(22)15-10-19-17(24-15)23-11-14(21)9-18-12(2)3;5-3(6)1-2-4(7)8/h10,12-14,18,21H,5,8-9,11H2,1-4H3,(H,20,22);1-2H,(H,5,6)(H,7,8)/b;2-1-. The predicted octanol–water partition coefficient (Wildman–Crippen LogP) is 1.51. The van der Waals surface area contributed by atoms with Gasteiger partial charge in [0.15, 0.2) is 0 Å². The van der Waals surface area contributed by atoms with Crippen LogP contribution in [-0.4, -0.2) is 69.5 Å². The topological polar surface area (TPSA) is 158 Å². The zero-order chi connectivity index (χ0) is 24.5. The van der Waals surface area contributed by atoms with Crippen LogP contribution in [0.4, 0.5) is 0 Å². The Balaban J connectivity index is 0.00000102. The Kier molecular flexibility index (Phi) is 15.2. The molecule has 0 aliphatic rings. The number of rotatable bonds is 11. The van der Waals surface area contributed by atoms with Crippen molar-refractivity contribution < 1.29 is 34.4 Å². The van der Waals surface area contributed by atoms with Crippen molar-refractivity contribution in [1.29, 1.82) is 0 Å². The highest BCUT2D eigenvalue weighted by atomic mass is 32.1. The van der Waals surface area contributed by atoms with E-state index in [2.05, 4.69) is 27.5 Å². The molecule has 10 nitrogen and oxygen atoms in total. The number of aliphatic hydroxyl groups is 1. The van der Waals surface area contributed by atoms with Crippen LogP contribution >= 0.6 is 11.3 Å². The molecular weight excluding hydrogens is 438 g/mol. The lowest BCUT2D eigenvalue weighted by Gasteiger charge is -2.13. The first-order valence-corrected chi connectivity index (χ1v) is 10.8. The SMILES string of the molecule is CCC#CCC(C)NC(=O)c1cnc(OCC(O)CNC(C)C)s1.O=C(O)/C=C\C(=O)O. The number of aromatic nitrogens is 1. The molecule has 0 bridgehead atoms. The van der Waals surface area contributed by atoms with Crippen LogP contribution in [0.1, 0.15) is 50.2 Å². The highest BCUT2D eigenvalue weighted by Gasteiger charge is 2.14. The summed E-state index contributed by atoms with van der Waals surface area (Å²) in [5.74, 6) is 3.30. The molecule has 0 fully saturated rings. The van der Waals surface area contributed by atoms with Crippen molar-refractivity contribution in [3.05, 3.63) is 23.2 Å². The van der Waals surface area contributed by atoms with Crippen LogP contribution in [0.2, 0.25) is 0 Å². The maximum atomic E-state index is 12.1. The van der Waals surface area contributed by atoms with Crippen molar-refractivity contribution in [2.75, 3.05) is 13.2 Å². The van der Waals surface area contributed by atoms with Crippen LogP contribution in [0.25, 0.3) is 0 Å². The fourth-order valence-electron chi connectivity index (χ4n) is 1.87. The van der Waals surface area contributed by atoms with Crippen LogP contribution in [0.15, 0.2) is 18.3 Å². The summed E-state index contributed by atoms with van der Waals surface area (Å²) >= 11 is 1.16. The molecule has 1 aromatic heterocycles. The molecule has 2 unspecified atom stereocenters. The summed E-state index contributed by atoms with van der Waals surface area (Å²) in [6.07, 6.45) is 3.42. The second-order valence-electron chi connectivity index (χ2n) is 6.81. The summed E-state index contributed by atoms with van der Waals surface area (Å²) in [6, 6.07) is 0.283. The lowest BCUT2D eigenvalue weighted by atomic mass is 10.2. The Morgan fingerprint density at radius 1 is 1.19 bits per heavy atom. The van der Waals surface area contributed by atoms with E-state index in [1.165, 1.54) is 6.20 Å². The Morgan fingerprint density at radius 2 is 1.81 bits per heavy atom. The quantitative estimate of drug-likeness (QED) is 0.239. The van der Waals surface area contributed by atoms with Crippen LogP contribution in [-0.2, 0) is 9.59 Å². The molecule has 0 spiro atoms. The smallest absolute Gasteiger partial charge is 0.328 e. The average Bonchev–Trinajstić information content (AvgIpc) is 3.19. The molecule has 0 saturated heterocycles. The molecule has 1 amide bonds. The molecule has 0 aliphatic heterocycles. The molecule has 1 aromatic rings. The zero-order valence-corrected chi connectivity index (χ0v) is 19.4. The van der Waals surface area contributed by atoms with Crippen molar-refractivity contribution in [1.82, 2.24) is 15.6 Å². The number of hydrogen-bond donors (Lipinski definition) is 5. The van der Waals surface area contributed by atoms with E-state index >= 15 is 0 Å². The number of carboxylic acids is 2. The van der Waals surface area contributed by atoms with Gasteiger partial charge in [0.05, 0.1) is 6.20 Å². The van der Waals surface area contributed by atoms with E-state index in [0.717, 1.165) is 17.8 Å². The lowest BCUT2D eigenvalue weighted by Crippen LogP contribution is -2.35. The van der Waals surface area contributed by atoms with E-state index in [1.54, 1.807) is 0 Å². The zero-order valence-electron chi connectivity index (χ0n) is 18.6. The van der Waals surface area contributed by atoms with Gasteiger partial charge < -0.3 is 30.7 Å². The van der Waals surface area contributed by atoms with E-state index < -0.39 is 18.0 Å². The van der Waals surface area contributed by atoms with Crippen LogP contribution in [0.3, 0.4) is 0 Å². The summed E-state index contributed by atoms with van der Waals surface area (Å²) in [7, 11) is 0. The average molecular weight is 470 g/mol. The number of amides is 1. The summed E-state index contributed by atoms with van der Waals surface area (Å²) in [4.78, 5) is 35.8. The van der Waals surface area contributed by atoms with Gasteiger partial charge in [-0.15, -0.1) is 11.8 Å². The van der Waals surface area contributed by atoms with E-state index in [9.17, 15) is 19.5 Å². The number of nitrogens with one attached hydrogen (secondary N) is 2. The minimum Gasteiger partial charge on any atom is -0.478 e. The number of nitrogens with zero attached hydrogens (tertiary/aromatic N) is 1. The van der Waals surface area contributed by atoms with E-state index in [1.807, 2.05) is 27.7 Å². The largest absolute Gasteiger partial charge is 0.478 e. The molecule has 0 aliphatic carbocycles. The molecular formula is C21H31N3O7S. The monoisotopic (exact) mass is 469 g/mol. The minimum atomic E-state index is -1.26. The van der Waals surface area contributed by atoms with Crippen molar-refractivity contribution in [2.45, 2.75) is 58.7 Å². The van der Waals surface area contributed by atoms with E-state index in [0.29, 0.717) is 41.2 Å². The summed E-state index contributed by atoms with van der Waals surface area (Å²) < 4.78 is 5.43. The van der Waals surface area contributed by atoms with E-state index in [4.69, 9.17) is 14.9 Å². The fourth-order valence-corrected chi connectivity index (χ4v) is 2.54. The van der Waals surface area contributed by atoms with Crippen molar-refractivity contribution in [2.24, 2.45) is 0 Å². The van der Waals surface area contributed by atoms with Gasteiger partial charge in [-0.3, -0.25) is 4.79 Å². The van der Waals surface area contributed by atoms with Gasteiger partial charge in [0.2, 0.25) is 0 Å². The molecule has 11 heteroatoms. The molecule has 0 saturated carbocycles. The number of carbonyl (C=O) groups excluding carboxylic acids is 1. The van der Waals surface area contributed by atoms with Crippen LogP contribution < -0.4 is 15.4 Å². The normalized spacial score (nSPS) is 12.2. The molecule has 1 rings (SSSR count). The maximum absolute atomic E-state index is 12.1. The molecule has 1 heterocycles. The molecule has 5 N–H and O–H groups in total. The molecule has 178 valence electrons. The molecule has 32 heavy (non-hydrogen) atoms. The van der Waals surface area contributed by atoms with Crippen molar-refractivity contribution in [3.8, 4) is 17.0 Å². The number of carboxylic acid groups (broad SMARTS) is 2. The highest BCUT2D eigenvalue weighted by Crippen LogP contribution is 2.20. The Bertz CT molecular complexity index is 796. The third-order valence-electron chi connectivity index (χ3n) is 3.33. The first kappa shape index (κ1) is 29.1. The third-order valence-corrected chi connectivity index (χ3v) is 4.23. The number of aliphatic hydroxyl groups excluding tert-OH is 1. The fraction of sp³-hybridized carbons (Fsp3) is 0.524. The molecule has 0 aromatic carbocycles. The van der Waals surface area contributed by atoms with Gasteiger partial charge >= 0.3 is 11.9 Å². The van der Waals surface area contributed by atoms with Gasteiger partial charge in [-0.1, -0.05) is 32.1 Å². The van der Waals surface area contributed by atoms with Gasteiger partial charge in [0.25, 0.3) is 11.1 Å². The number of thiazole rings is 1. The summed E-state index contributed by atoms with van der Waals surface area (Å²) in [6.45, 7) is 8.51. The number of aliphatic carboxylic acids is 2. The number of hydrogen-bond acceptors (Lipinski definition) is 8. The highest BCUT2D eigenvalue weighted by molar-refractivity contribution is 7.15. The van der Waals surface area contributed by atoms with Crippen LogP contribution in [0, 0.1) is 11.8 Å². The maximum Gasteiger partial charge on any atom is 0.328 e.